The van der Waals surface area contributed by atoms with Gasteiger partial charge in [-0.05, 0) is 20.3 Å². The minimum Gasteiger partial charge on any atom is -0.481 e. The molecule has 100 valence electrons. The number of carbonyl (C=O) groups excluding carboxylic acids is 1. The Kier molecular flexibility index (Phi) is 6.80. The predicted molar refractivity (Wildman–Crippen MR) is 64.8 cm³/mol. The van der Waals surface area contributed by atoms with Crippen LogP contribution in [0.2, 0.25) is 0 Å². The molecule has 0 saturated carbocycles. The number of ether oxygens (including phenoxy) is 1. The third-order valence-corrected chi connectivity index (χ3v) is 2.56. The van der Waals surface area contributed by atoms with Crippen LogP contribution < -0.4 is 5.32 Å². The molecule has 0 saturated heterocycles. The monoisotopic (exact) mass is 245 g/mol. The Morgan fingerprint density at radius 2 is 2.00 bits per heavy atom. The van der Waals surface area contributed by atoms with Gasteiger partial charge >= 0.3 is 5.97 Å². The van der Waals surface area contributed by atoms with Crippen LogP contribution in [0.3, 0.4) is 0 Å². The van der Waals surface area contributed by atoms with E-state index in [0.29, 0.717) is 6.42 Å². The zero-order chi connectivity index (χ0) is 13.5. The molecule has 0 radical (unpaired) electrons. The van der Waals surface area contributed by atoms with Gasteiger partial charge in [0.2, 0.25) is 5.91 Å². The maximum absolute atomic E-state index is 11.7. The Morgan fingerprint density at radius 3 is 2.41 bits per heavy atom. The van der Waals surface area contributed by atoms with Gasteiger partial charge in [-0.2, -0.15) is 0 Å². The van der Waals surface area contributed by atoms with Crippen LogP contribution in [-0.2, 0) is 14.3 Å². The molecule has 0 heterocycles. The molecule has 0 bridgehead atoms. The summed E-state index contributed by atoms with van der Waals surface area (Å²) in [6.07, 6.45) is 1.70. The van der Waals surface area contributed by atoms with Crippen molar-refractivity contribution in [1.82, 2.24) is 5.32 Å². The van der Waals surface area contributed by atoms with Crippen molar-refractivity contribution >= 4 is 11.9 Å². The zero-order valence-electron chi connectivity index (χ0n) is 11.1. The second-order valence-corrected chi connectivity index (χ2v) is 4.79. The minimum atomic E-state index is -0.894. The van der Waals surface area contributed by atoms with E-state index in [0.717, 1.165) is 6.42 Å². The largest absolute Gasteiger partial charge is 0.481 e. The summed E-state index contributed by atoms with van der Waals surface area (Å²) < 4.78 is 5.15. The van der Waals surface area contributed by atoms with Crippen LogP contribution >= 0.6 is 0 Å². The van der Waals surface area contributed by atoms with Gasteiger partial charge in [0, 0.05) is 13.2 Å². The van der Waals surface area contributed by atoms with E-state index in [1.807, 2.05) is 20.8 Å². The number of carbonyl (C=O) groups is 2. The Labute approximate surface area is 103 Å². The molecule has 1 amide bonds. The molecule has 0 fully saturated rings. The van der Waals surface area contributed by atoms with Gasteiger partial charge in [0.05, 0.1) is 18.4 Å². The average Bonchev–Trinajstić information content (AvgIpc) is 2.16. The molecule has 0 aliphatic carbocycles. The number of hydrogen-bond acceptors (Lipinski definition) is 3. The fraction of sp³-hybridized carbons (Fsp3) is 0.833. The van der Waals surface area contributed by atoms with E-state index >= 15 is 0 Å². The lowest BCUT2D eigenvalue weighted by molar-refractivity contribution is -0.137. The van der Waals surface area contributed by atoms with Gasteiger partial charge in [-0.1, -0.05) is 13.3 Å². The molecule has 5 nitrogen and oxygen atoms in total. The van der Waals surface area contributed by atoms with Gasteiger partial charge in [0.15, 0.2) is 0 Å². The lowest BCUT2D eigenvalue weighted by atomic mass is 10.0. The van der Waals surface area contributed by atoms with E-state index in [1.54, 1.807) is 7.11 Å². The Morgan fingerprint density at radius 1 is 1.41 bits per heavy atom. The summed E-state index contributed by atoms with van der Waals surface area (Å²) in [4.78, 5) is 22.3. The van der Waals surface area contributed by atoms with Gasteiger partial charge < -0.3 is 15.2 Å². The molecule has 0 aromatic heterocycles. The standard InChI is InChI=1S/C12H23NO4/c1-5-6-9(7-11(15)16)13-10(14)8-12(2,3)17-4/h9H,5-8H2,1-4H3,(H,13,14)(H,15,16). The molecule has 0 aliphatic heterocycles. The summed E-state index contributed by atoms with van der Waals surface area (Å²) in [6.45, 7) is 5.59. The third kappa shape index (κ3) is 7.74. The highest BCUT2D eigenvalue weighted by Gasteiger charge is 2.23. The first-order valence-electron chi connectivity index (χ1n) is 5.87. The summed E-state index contributed by atoms with van der Waals surface area (Å²) in [5.41, 5.74) is -0.524. The number of amides is 1. The highest BCUT2D eigenvalue weighted by atomic mass is 16.5. The van der Waals surface area contributed by atoms with Crippen molar-refractivity contribution in [2.75, 3.05) is 7.11 Å². The van der Waals surface area contributed by atoms with Gasteiger partial charge in [-0.3, -0.25) is 9.59 Å². The molecule has 0 aromatic rings. The molecule has 0 rings (SSSR count). The number of carboxylic acids is 1. The number of methoxy groups -OCH3 is 1. The molecule has 0 aromatic carbocycles. The first-order chi connectivity index (χ1) is 7.80. The quantitative estimate of drug-likeness (QED) is 0.680. The van der Waals surface area contributed by atoms with Gasteiger partial charge in [-0.25, -0.2) is 0 Å². The van der Waals surface area contributed by atoms with Crippen molar-refractivity contribution in [3.8, 4) is 0 Å². The lowest BCUT2D eigenvalue weighted by Gasteiger charge is -2.24. The van der Waals surface area contributed by atoms with Crippen LogP contribution in [0.1, 0.15) is 46.5 Å². The molecule has 5 heteroatoms. The molecule has 1 atom stereocenters. The molecule has 0 aliphatic rings. The second kappa shape index (κ2) is 7.27. The fourth-order valence-electron chi connectivity index (χ4n) is 1.52. The average molecular weight is 245 g/mol. The van der Waals surface area contributed by atoms with Crippen molar-refractivity contribution in [2.24, 2.45) is 0 Å². The first kappa shape index (κ1) is 15.9. The molecular weight excluding hydrogens is 222 g/mol. The predicted octanol–water partition coefficient (Wildman–Crippen LogP) is 1.56. The van der Waals surface area contributed by atoms with Crippen LogP contribution in [0.5, 0.6) is 0 Å². The number of rotatable bonds is 8. The number of hydrogen-bond donors (Lipinski definition) is 2. The second-order valence-electron chi connectivity index (χ2n) is 4.79. The Bertz CT molecular complexity index is 263. The van der Waals surface area contributed by atoms with E-state index in [2.05, 4.69) is 5.32 Å². The van der Waals surface area contributed by atoms with E-state index in [9.17, 15) is 9.59 Å². The smallest absolute Gasteiger partial charge is 0.305 e. The van der Waals surface area contributed by atoms with E-state index in [4.69, 9.17) is 9.84 Å². The maximum Gasteiger partial charge on any atom is 0.305 e. The molecule has 0 spiro atoms. The Hall–Kier alpha value is -1.10. The van der Waals surface area contributed by atoms with Gasteiger partial charge in [0.1, 0.15) is 0 Å². The van der Waals surface area contributed by atoms with Crippen molar-refractivity contribution in [2.45, 2.75) is 58.1 Å². The maximum atomic E-state index is 11.7. The topological polar surface area (TPSA) is 75.6 Å². The summed E-state index contributed by atoms with van der Waals surface area (Å²) >= 11 is 0. The SMILES string of the molecule is CCCC(CC(=O)O)NC(=O)CC(C)(C)OC. The number of nitrogens with one attached hydrogen (secondary N) is 1. The number of carboxylic acid groups (broad SMARTS) is 1. The highest BCUT2D eigenvalue weighted by molar-refractivity contribution is 5.78. The van der Waals surface area contributed by atoms with Crippen molar-refractivity contribution in [1.29, 1.82) is 0 Å². The van der Waals surface area contributed by atoms with Crippen LogP contribution in [0.25, 0.3) is 0 Å². The van der Waals surface area contributed by atoms with Crippen LogP contribution in [0.4, 0.5) is 0 Å². The molecule has 2 N–H and O–H groups in total. The van der Waals surface area contributed by atoms with E-state index in [1.165, 1.54) is 0 Å². The van der Waals surface area contributed by atoms with Gasteiger partial charge in [-0.15, -0.1) is 0 Å². The van der Waals surface area contributed by atoms with E-state index in [-0.39, 0.29) is 24.8 Å². The normalized spacial score (nSPS) is 13.2. The highest BCUT2D eigenvalue weighted by Crippen LogP contribution is 2.13. The lowest BCUT2D eigenvalue weighted by Crippen LogP contribution is -2.40. The summed E-state index contributed by atoms with van der Waals surface area (Å²) in [7, 11) is 1.55. The van der Waals surface area contributed by atoms with E-state index < -0.39 is 11.6 Å². The summed E-state index contributed by atoms with van der Waals surface area (Å²) in [5, 5.41) is 11.5. The van der Waals surface area contributed by atoms with Gasteiger partial charge in [0.25, 0.3) is 0 Å². The summed E-state index contributed by atoms with van der Waals surface area (Å²) in [6, 6.07) is -0.294. The Balaban J connectivity index is 4.25. The third-order valence-electron chi connectivity index (χ3n) is 2.56. The van der Waals surface area contributed by atoms with Crippen molar-refractivity contribution < 1.29 is 19.4 Å². The van der Waals surface area contributed by atoms with Crippen molar-refractivity contribution in [3.63, 3.8) is 0 Å². The number of aliphatic carboxylic acids is 1. The van der Waals surface area contributed by atoms with Crippen LogP contribution in [-0.4, -0.2) is 35.7 Å². The summed E-state index contributed by atoms with van der Waals surface area (Å²) in [5.74, 6) is -1.06. The van der Waals surface area contributed by atoms with Crippen LogP contribution in [0, 0.1) is 0 Å². The zero-order valence-corrected chi connectivity index (χ0v) is 11.1. The minimum absolute atomic E-state index is 0.0347. The molecule has 1 unspecified atom stereocenters. The fourth-order valence-corrected chi connectivity index (χ4v) is 1.52. The molecule has 17 heavy (non-hydrogen) atoms. The first-order valence-corrected chi connectivity index (χ1v) is 5.87. The van der Waals surface area contributed by atoms with Crippen LogP contribution in [0.15, 0.2) is 0 Å². The van der Waals surface area contributed by atoms with Crippen molar-refractivity contribution in [3.05, 3.63) is 0 Å². The molecular formula is C12H23NO4.